The van der Waals surface area contributed by atoms with Crippen LogP contribution in [-0.4, -0.2) is 17.9 Å². The van der Waals surface area contributed by atoms with Gasteiger partial charge < -0.3 is 10.6 Å². The molecule has 0 spiro atoms. The molecule has 100 valence electrons. The molecular weight excluding hydrogens is 258 g/mol. The first-order chi connectivity index (χ1) is 9.10. The van der Waals surface area contributed by atoms with Crippen molar-refractivity contribution in [2.24, 2.45) is 0 Å². The third-order valence-electron chi connectivity index (χ3n) is 2.85. The van der Waals surface area contributed by atoms with Gasteiger partial charge in [0.2, 0.25) is 0 Å². The number of rotatable bonds is 4. The molecule has 19 heavy (non-hydrogen) atoms. The van der Waals surface area contributed by atoms with Crippen molar-refractivity contribution in [1.29, 1.82) is 0 Å². The summed E-state index contributed by atoms with van der Waals surface area (Å²) < 4.78 is 0. The summed E-state index contributed by atoms with van der Waals surface area (Å²) in [5.41, 5.74) is 2.68. The molecule has 5 heteroatoms. The lowest BCUT2D eigenvalue weighted by molar-refractivity contribution is 0.0950. The quantitative estimate of drug-likeness (QED) is 0.902. The van der Waals surface area contributed by atoms with Gasteiger partial charge in [-0.25, -0.2) is 4.98 Å². The summed E-state index contributed by atoms with van der Waals surface area (Å²) >= 11 is 1.60. The highest BCUT2D eigenvalue weighted by Gasteiger charge is 2.09. The predicted molar refractivity (Wildman–Crippen MR) is 78.7 cm³/mol. The van der Waals surface area contributed by atoms with Crippen LogP contribution in [-0.2, 0) is 6.54 Å². The Morgan fingerprint density at radius 1 is 1.37 bits per heavy atom. The zero-order valence-corrected chi connectivity index (χ0v) is 12.1. The fourth-order valence-electron chi connectivity index (χ4n) is 1.82. The van der Waals surface area contributed by atoms with Crippen LogP contribution in [0.15, 0.2) is 24.4 Å². The smallest absolute Gasteiger partial charge is 0.251 e. The molecule has 0 aliphatic carbocycles. The second kappa shape index (κ2) is 5.84. The van der Waals surface area contributed by atoms with Crippen molar-refractivity contribution >= 4 is 22.9 Å². The number of anilines is 1. The first-order valence-electron chi connectivity index (χ1n) is 6.08. The van der Waals surface area contributed by atoms with Gasteiger partial charge in [0, 0.05) is 29.4 Å². The highest BCUT2D eigenvalue weighted by atomic mass is 32.1. The van der Waals surface area contributed by atoms with Crippen LogP contribution in [0.1, 0.15) is 25.8 Å². The van der Waals surface area contributed by atoms with Crippen molar-refractivity contribution in [3.63, 3.8) is 0 Å². The Bertz CT molecular complexity index is 592. The Morgan fingerprint density at radius 2 is 2.16 bits per heavy atom. The summed E-state index contributed by atoms with van der Waals surface area (Å²) in [5.74, 6) is -0.0498. The molecule has 0 aliphatic rings. The van der Waals surface area contributed by atoms with E-state index in [-0.39, 0.29) is 5.91 Å². The van der Waals surface area contributed by atoms with Gasteiger partial charge in [-0.2, -0.15) is 0 Å². The summed E-state index contributed by atoms with van der Waals surface area (Å²) in [6.45, 7) is 4.42. The van der Waals surface area contributed by atoms with Gasteiger partial charge in [0.25, 0.3) is 5.91 Å². The summed E-state index contributed by atoms with van der Waals surface area (Å²) in [6, 6.07) is 5.71. The maximum atomic E-state index is 12.1. The van der Waals surface area contributed by atoms with Crippen molar-refractivity contribution < 1.29 is 4.79 Å². The fourth-order valence-corrected chi connectivity index (χ4v) is 2.56. The van der Waals surface area contributed by atoms with E-state index < -0.39 is 0 Å². The number of amides is 1. The van der Waals surface area contributed by atoms with Gasteiger partial charge in [0.1, 0.15) is 0 Å². The second-order valence-electron chi connectivity index (χ2n) is 4.31. The molecule has 1 aromatic heterocycles. The Balaban J connectivity index is 2.03. The normalized spacial score (nSPS) is 10.3. The monoisotopic (exact) mass is 275 g/mol. The summed E-state index contributed by atoms with van der Waals surface area (Å²) in [4.78, 5) is 17.3. The van der Waals surface area contributed by atoms with Gasteiger partial charge >= 0.3 is 0 Å². The number of carbonyl (C=O) groups excluding carboxylic acids is 1. The minimum atomic E-state index is -0.0498. The molecule has 4 nitrogen and oxygen atoms in total. The molecule has 1 aromatic carbocycles. The van der Waals surface area contributed by atoms with E-state index >= 15 is 0 Å². The van der Waals surface area contributed by atoms with E-state index in [4.69, 9.17) is 0 Å². The Kier molecular flexibility index (Phi) is 4.16. The number of hydrogen-bond donors (Lipinski definition) is 2. The molecule has 2 N–H and O–H groups in total. The van der Waals surface area contributed by atoms with E-state index in [0.717, 1.165) is 21.1 Å². The number of hydrogen-bond acceptors (Lipinski definition) is 4. The maximum Gasteiger partial charge on any atom is 0.251 e. The number of thiazole rings is 1. The van der Waals surface area contributed by atoms with Gasteiger partial charge in [-0.3, -0.25) is 4.79 Å². The number of benzene rings is 1. The van der Waals surface area contributed by atoms with Crippen molar-refractivity contribution in [2.75, 3.05) is 12.4 Å². The lowest BCUT2D eigenvalue weighted by Gasteiger charge is -2.08. The van der Waals surface area contributed by atoms with Gasteiger partial charge in [-0.15, -0.1) is 11.3 Å². The molecule has 2 aromatic rings. The molecule has 0 aliphatic heterocycles. The van der Waals surface area contributed by atoms with Crippen molar-refractivity contribution in [3.8, 4) is 0 Å². The zero-order valence-electron chi connectivity index (χ0n) is 11.3. The van der Waals surface area contributed by atoms with Gasteiger partial charge in [0.15, 0.2) is 0 Å². The van der Waals surface area contributed by atoms with E-state index in [1.54, 1.807) is 17.5 Å². The zero-order chi connectivity index (χ0) is 13.8. The Hall–Kier alpha value is -1.88. The number of aromatic nitrogens is 1. The van der Waals surface area contributed by atoms with E-state index in [1.807, 2.05) is 39.1 Å². The molecule has 0 bridgehead atoms. The van der Waals surface area contributed by atoms with Crippen LogP contribution in [0.25, 0.3) is 0 Å². The number of nitrogens with zero attached hydrogens (tertiary/aromatic N) is 1. The van der Waals surface area contributed by atoms with Crippen LogP contribution in [0.3, 0.4) is 0 Å². The molecular formula is C14H17N3OS. The van der Waals surface area contributed by atoms with E-state index in [1.165, 1.54) is 0 Å². The van der Waals surface area contributed by atoms with Crippen LogP contribution in [0, 0.1) is 13.8 Å². The molecule has 0 unspecified atom stereocenters. The molecule has 0 saturated carbocycles. The van der Waals surface area contributed by atoms with Crippen molar-refractivity contribution in [2.45, 2.75) is 20.4 Å². The van der Waals surface area contributed by atoms with E-state index in [0.29, 0.717) is 12.1 Å². The van der Waals surface area contributed by atoms with Crippen molar-refractivity contribution in [3.05, 3.63) is 45.4 Å². The number of aryl methyl sites for hydroxylation is 2. The number of carbonyl (C=O) groups is 1. The molecule has 0 fully saturated rings. The average Bonchev–Trinajstić information content (AvgIpc) is 2.81. The average molecular weight is 275 g/mol. The third kappa shape index (κ3) is 3.32. The fraction of sp³-hybridized carbons (Fsp3) is 0.286. The van der Waals surface area contributed by atoms with Crippen LogP contribution in [0.2, 0.25) is 0 Å². The van der Waals surface area contributed by atoms with Crippen LogP contribution in [0.4, 0.5) is 5.69 Å². The largest absolute Gasteiger partial charge is 0.388 e. The minimum Gasteiger partial charge on any atom is -0.388 e. The van der Waals surface area contributed by atoms with Crippen LogP contribution < -0.4 is 10.6 Å². The van der Waals surface area contributed by atoms with Crippen LogP contribution in [0.5, 0.6) is 0 Å². The number of nitrogens with one attached hydrogen (secondary N) is 2. The lowest BCUT2D eigenvalue weighted by Crippen LogP contribution is -2.23. The molecule has 2 rings (SSSR count). The molecule has 0 atom stereocenters. The summed E-state index contributed by atoms with van der Waals surface area (Å²) in [5, 5.41) is 6.99. The van der Waals surface area contributed by atoms with Gasteiger partial charge in [-0.05, 0) is 37.6 Å². The molecule has 0 saturated heterocycles. The highest BCUT2D eigenvalue weighted by Crippen LogP contribution is 2.15. The maximum absolute atomic E-state index is 12.1. The topological polar surface area (TPSA) is 54.0 Å². The van der Waals surface area contributed by atoms with Crippen molar-refractivity contribution in [1.82, 2.24) is 10.3 Å². The predicted octanol–water partition coefficient (Wildman–Crippen LogP) is 2.73. The standard InChI is InChI=1S/C14H17N3OS/c1-9-6-11(15-3)4-5-13(9)14(18)17-8-12-7-16-10(2)19-12/h4-7,15H,8H2,1-3H3,(H,17,18). The van der Waals surface area contributed by atoms with Gasteiger partial charge in [-0.1, -0.05) is 0 Å². The van der Waals surface area contributed by atoms with E-state index in [2.05, 4.69) is 15.6 Å². The third-order valence-corrected chi connectivity index (χ3v) is 3.76. The molecule has 1 amide bonds. The second-order valence-corrected chi connectivity index (χ2v) is 5.63. The first-order valence-corrected chi connectivity index (χ1v) is 6.89. The molecule has 0 radical (unpaired) electrons. The Labute approximate surface area is 116 Å². The van der Waals surface area contributed by atoms with E-state index in [9.17, 15) is 4.79 Å². The minimum absolute atomic E-state index is 0.0498. The highest BCUT2D eigenvalue weighted by molar-refractivity contribution is 7.11. The van der Waals surface area contributed by atoms with Crippen LogP contribution >= 0.6 is 11.3 Å². The summed E-state index contributed by atoms with van der Waals surface area (Å²) in [6.07, 6.45) is 1.80. The Morgan fingerprint density at radius 3 is 2.74 bits per heavy atom. The molecule has 1 heterocycles. The summed E-state index contributed by atoms with van der Waals surface area (Å²) in [7, 11) is 1.86. The SMILES string of the molecule is CNc1ccc(C(=O)NCc2cnc(C)s2)c(C)c1. The lowest BCUT2D eigenvalue weighted by atomic mass is 10.1. The first kappa shape index (κ1) is 13.5. The van der Waals surface area contributed by atoms with Gasteiger partial charge in [0.05, 0.1) is 11.6 Å².